The van der Waals surface area contributed by atoms with Gasteiger partial charge in [0.05, 0.1) is 25.3 Å². The molecule has 2 aromatic rings. The molecule has 3 rings (SSSR count). The summed E-state index contributed by atoms with van der Waals surface area (Å²) in [6.07, 6.45) is 6.20. The van der Waals surface area contributed by atoms with Crippen molar-refractivity contribution in [1.82, 2.24) is 14.7 Å². The van der Waals surface area contributed by atoms with Crippen molar-refractivity contribution >= 4 is 11.6 Å². The van der Waals surface area contributed by atoms with E-state index < -0.39 is 0 Å². The molecule has 1 saturated heterocycles. The Morgan fingerprint density at radius 1 is 1.30 bits per heavy atom. The van der Waals surface area contributed by atoms with Crippen molar-refractivity contribution in [3.05, 3.63) is 41.2 Å². The highest BCUT2D eigenvalue weighted by molar-refractivity contribution is 6.33. The number of benzene rings is 1. The van der Waals surface area contributed by atoms with Crippen molar-refractivity contribution < 1.29 is 9.47 Å². The number of likely N-dealkylation sites (tertiary alicyclic amines) is 1. The van der Waals surface area contributed by atoms with Gasteiger partial charge in [-0.1, -0.05) is 17.7 Å². The summed E-state index contributed by atoms with van der Waals surface area (Å²) in [6.45, 7) is 2.85. The van der Waals surface area contributed by atoms with Crippen molar-refractivity contribution in [3.63, 3.8) is 0 Å². The molecule has 0 unspecified atom stereocenters. The minimum Gasteiger partial charge on any atom is -0.493 e. The quantitative estimate of drug-likeness (QED) is 0.839. The highest BCUT2D eigenvalue weighted by Crippen LogP contribution is 2.38. The normalized spacial score (nSPS) is 18.8. The van der Waals surface area contributed by atoms with E-state index in [4.69, 9.17) is 21.1 Å². The van der Waals surface area contributed by atoms with Crippen LogP contribution >= 0.6 is 11.6 Å². The highest BCUT2D eigenvalue weighted by Gasteiger charge is 2.23. The van der Waals surface area contributed by atoms with Gasteiger partial charge in [0.15, 0.2) is 11.5 Å². The van der Waals surface area contributed by atoms with Crippen LogP contribution in [-0.2, 0) is 6.54 Å². The monoisotopic (exact) mass is 335 g/mol. The third-order valence-corrected chi connectivity index (χ3v) is 4.75. The minimum absolute atomic E-state index is 0.428. The molecule has 2 heterocycles. The summed E-state index contributed by atoms with van der Waals surface area (Å²) in [5, 5.41) is 5.01. The van der Waals surface area contributed by atoms with Crippen molar-refractivity contribution in [2.24, 2.45) is 0 Å². The van der Waals surface area contributed by atoms with Crippen LogP contribution in [0.2, 0.25) is 5.02 Å². The van der Waals surface area contributed by atoms with Crippen LogP contribution < -0.4 is 9.47 Å². The van der Waals surface area contributed by atoms with Crippen LogP contribution in [0, 0.1) is 0 Å². The molecule has 6 heteroatoms. The Hall–Kier alpha value is -1.72. The molecule has 1 aromatic heterocycles. The Labute approximate surface area is 141 Å². The summed E-state index contributed by atoms with van der Waals surface area (Å²) >= 11 is 6.50. The van der Waals surface area contributed by atoms with Crippen LogP contribution in [0.1, 0.15) is 24.4 Å². The van der Waals surface area contributed by atoms with Gasteiger partial charge in [0.2, 0.25) is 0 Å². The highest BCUT2D eigenvalue weighted by atomic mass is 35.5. The molecule has 1 aliphatic rings. The van der Waals surface area contributed by atoms with Gasteiger partial charge in [-0.25, -0.2) is 0 Å². The van der Waals surface area contributed by atoms with E-state index in [0.717, 1.165) is 38.0 Å². The van der Waals surface area contributed by atoms with Gasteiger partial charge in [0, 0.05) is 25.5 Å². The smallest absolute Gasteiger partial charge is 0.179 e. The van der Waals surface area contributed by atoms with E-state index in [1.807, 2.05) is 30.6 Å². The zero-order valence-electron chi connectivity index (χ0n) is 13.5. The molecule has 0 radical (unpaired) electrons. The summed E-state index contributed by atoms with van der Waals surface area (Å²) in [4.78, 5) is 2.42. The van der Waals surface area contributed by atoms with Crippen molar-refractivity contribution in [1.29, 1.82) is 0 Å². The fourth-order valence-corrected chi connectivity index (χ4v) is 3.47. The number of piperidine rings is 1. The molecule has 0 spiro atoms. The number of ether oxygens (including phenoxy) is 2. The summed E-state index contributed by atoms with van der Waals surface area (Å²) < 4.78 is 12.7. The van der Waals surface area contributed by atoms with E-state index in [2.05, 4.69) is 14.7 Å². The second-order valence-corrected chi connectivity index (χ2v) is 6.17. The molecule has 0 saturated carbocycles. The van der Waals surface area contributed by atoms with Gasteiger partial charge in [0.25, 0.3) is 0 Å². The van der Waals surface area contributed by atoms with Crippen molar-refractivity contribution in [3.8, 4) is 11.5 Å². The maximum atomic E-state index is 6.50. The molecule has 23 heavy (non-hydrogen) atoms. The lowest BCUT2D eigenvalue weighted by Gasteiger charge is -2.33. The second kappa shape index (κ2) is 7.23. The third kappa shape index (κ3) is 3.46. The summed E-state index contributed by atoms with van der Waals surface area (Å²) in [6, 6.07) is 6.33. The lowest BCUT2D eigenvalue weighted by Crippen LogP contribution is -2.36. The largest absolute Gasteiger partial charge is 0.493 e. The SMILES string of the molecule is COc1ccc(CN2CCC[C@H](n3cccn3)C2)c(Cl)c1OC. The predicted molar refractivity (Wildman–Crippen MR) is 90.3 cm³/mol. The predicted octanol–water partition coefficient (Wildman–Crippen LogP) is 3.39. The number of halogens is 1. The first-order valence-electron chi connectivity index (χ1n) is 7.83. The minimum atomic E-state index is 0.428. The third-order valence-electron chi connectivity index (χ3n) is 4.34. The Morgan fingerprint density at radius 2 is 2.17 bits per heavy atom. The Bertz CT molecular complexity index is 646. The van der Waals surface area contributed by atoms with E-state index in [9.17, 15) is 0 Å². The number of hydrogen-bond donors (Lipinski definition) is 0. The average molecular weight is 336 g/mol. The standard InChI is InChI=1S/C17H22ClN3O2/c1-22-15-7-6-13(16(18)17(15)23-2)11-20-9-3-5-14(12-20)21-10-4-8-19-21/h4,6-8,10,14H,3,5,9,11-12H2,1-2H3/t14-/m0/s1. The molecule has 1 aliphatic heterocycles. The van der Waals surface area contributed by atoms with Gasteiger partial charge in [-0.15, -0.1) is 0 Å². The number of aromatic nitrogens is 2. The first kappa shape index (κ1) is 16.1. The van der Waals surface area contributed by atoms with E-state index >= 15 is 0 Å². The number of rotatable bonds is 5. The first-order chi connectivity index (χ1) is 11.2. The van der Waals surface area contributed by atoms with Crippen molar-refractivity contribution in [2.45, 2.75) is 25.4 Å². The first-order valence-corrected chi connectivity index (χ1v) is 8.21. The lowest BCUT2D eigenvalue weighted by molar-refractivity contribution is 0.163. The zero-order chi connectivity index (χ0) is 16.2. The Kier molecular flexibility index (Phi) is 5.08. The van der Waals surface area contributed by atoms with Crippen LogP contribution in [0.15, 0.2) is 30.6 Å². The molecule has 1 aromatic carbocycles. The van der Waals surface area contributed by atoms with E-state index in [0.29, 0.717) is 22.6 Å². The van der Waals surface area contributed by atoms with Crippen LogP contribution in [0.5, 0.6) is 11.5 Å². The van der Waals surface area contributed by atoms with Gasteiger partial charge in [-0.05, 0) is 37.1 Å². The average Bonchev–Trinajstić information content (AvgIpc) is 3.11. The molecular weight excluding hydrogens is 314 g/mol. The maximum Gasteiger partial charge on any atom is 0.179 e. The molecule has 0 N–H and O–H groups in total. The van der Waals surface area contributed by atoms with E-state index in [1.54, 1.807) is 14.2 Å². The molecule has 0 amide bonds. The summed E-state index contributed by atoms with van der Waals surface area (Å²) in [7, 11) is 3.23. The summed E-state index contributed by atoms with van der Waals surface area (Å²) in [5.41, 5.74) is 1.06. The molecular formula is C17H22ClN3O2. The molecule has 1 atom stereocenters. The van der Waals surface area contributed by atoms with Gasteiger partial charge in [-0.3, -0.25) is 9.58 Å². The zero-order valence-corrected chi connectivity index (χ0v) is 14.3. The number of hydrogen-bond acceptors (Lipinski definition) is 4. The molecule has 5 nitrogen and oxygen atoms in total. The van der Waals surface area contributed by atoms with Crippen LogP contribution in [0.3, 0.4) is 0 Å². The molecule has 0 aliphatic carbocycles. The molecule has 1 fully saturated rings. The van der Waals surface area contributed by atoms with E-state index in [-0.39, 0.29) is 0 Å². The molecule has 124 valence electrons. The van der Waals surface area contributed by atoms with Crippen LogP contribution in [0.4, 0.5) is 0 Å². The summed E-state index contributed by atoms with van der Waals surface area (Å²) in [5.74, 6) is 1.27. The number of methoxy groups -OCH3 is 2. The van der Waals surface area contributed by atoms with Gasteiger partial charge in [0.1, 0.15) is 0 Å². The Morgan fingerprint density at radius 3 is 2.87 bits per heavy atom. The van der Waals surface area contributed by atoms with Gasteiger partial charge < -0.3 is 9.47 Å². The topological polar surface area (TPSA) is 39.5 Å². The van der Waals surface area contributed by atoms with Gasteiger partial charge in [-0.2, -0.15) is 5.10 Å². The second-order valence-electron chi connectivity index (χ2n) is 5.79. The van der Waals surface area contributed by atoms with Crippen LogP contribution in [0.25, 0.3) is 0 Å². The van der Waals surface area contributed by atoms with Crippen molar-refractivity contribution in [2.75, 3.05) is 27.3 Å². The Balaban J connectivity index is 1.74. The van der Waals surface area contributed by atoms with Crippen LogP contribution in [-0.4, -0.2) is 42.0 Å². The lowest BCUT2D eigenvalue weighted by atomic mass is 10.0. The fraction of sp³-hybridized carbons (Fsp3) is 0.471. The van der Waals surface area contributed by atoms with Gasteiger partial charge >= 0.3 is 0 Å². The van der Waals surface area contributed by atoms with E-state index in [1.165, 1.54) is 0 Å². The fourth-order valence-electron chi connectivity index (χ4n) is 3.18. The maximum absolute atomic E-state index is 6.50. The number of nitrogens with zero attached hydrogens (tertiary/aromatic N) is 3. The molecule has 0 bridgehead atoms.